The molecule has 1 aromatic heterocycles. The Balaban J connectivity index is 0.893. The van der Waals surface area contributed by atoms with Crippen LogP contribution in [0.5, 0.6) is 0 Å². The maximum absolute atomic E-state index is 2.75. The summed E-state index contributed by atoms with van der Waals surface area (Å²) in [7, 11) is 0. The van der Waals surface area contributed by atoms with Gasteiger partial charge in [0, 0.05) is 61.5 Å². The van der Waals surface area contributed by atoms with E-state index in [-0.39, 0.29) is 12.1 Å². The number of fused-ring (bicyclic) bond motifs is 5. The maximum Gasteiger partial charge on any atom is 0.252 e. The van der Waals surface area contributed by atoms with Crippen molar-refractivity contribution in [2.45, 2.75) is 26.2 Å². The molecule has 0 bridgehead atoms. The molecule has 0 aliphatic carbocycles. The summed E-state index contributed by atoms with van der Waals surface area (Å²) in [4.78, 5) is 5.45. The molecule has 2 aliphatic rings. The summed E-state index contributed by atoms with van der Waals surface area (Å²) in [6, 6.07) is 149. The van der Waals surface area contributed by atoms with Crippen LogP contribution >= 0.6 is 0 Å². The number of hydrogen-bond donors (Lipinski definition) is 0. The molecule has 19 aromatic carbocycles. The molecule has 3 nitrogen and oxygen atoms in total. The molecular formula is C108H74BN3. The average Bonchev–Trinajstić information content (AvgIpc) is 1.47. The minimum Gasteiger partial charge on any atom is -0.310 e. The van der Waals surface area contributed by atoms with Crippen molar-refractivity contribution in [1.29, 1.82) is 0 Å². The molecule has 0 unspecified atom stereocenters. The highest BCUT2D eigenvalue weighted by Crippen LogP contribution is 2.56. The molecule has 0 radical (unpaired) electrons. The summed E-state index contributed by atoms with van der Waals surface area (Å²) in [6.07, 6.45) is 0. The Hall–Kier alpha value is -14.1. The zero-order valence-electron chi connectivity index (χ0n) is 62.4. The molecule has 4 heteroatoms. The van der Waals surface area contributed by atoms with Crippen LogP contribution in [0.2, 0.25) is 0 Å². The summed E-state index contributed by atoms with van der Waals surface area (Å²) >= 11 is 0. The van der Waals surface area contributed by atoms with Gasteiger partial charge in [0.05, 0.1) is 22.4 Å². The van der Waals surface area contributed by atoms with E-state index in [0.29, 0.717) is 0 Å². The van der Waals surface area contributed by atoms with Gasteiger partial charge in [-0.05, 0) is 204 Å². The van der Waals surface area contributed by atoms with Crippen molar-refractivity contribution < 1.29 is 0 Å². The first-order valence-corrected chi connectivity index (χ1v) is 39.1. The molecule has 0 fully saturated rings. The average molecular weight is 1420 g/mol. The Kier molecular flexibility index (Phi) is 15.0. The third kappa shape index (κ3) is 10.4. The topological polar surface area (TPSA) is 11.4 Å². The first-order valence-electron chi connectivity index (χ1n) is 39.1. The third-order valence-electron chi connectivity index (χ3n) is 24.0. The molecule has 0 saturated heterocycles. The van der Waals surface area contributed by atoms with Gasteiger partial charge in [0.1, 0.15) is 0 Å². The second-order valence-corrected chi connectivity index (χ2v) is 31.4. The van der Waals surface area contributed by atoms with Crippen molar-refractivity contribution in [2.24, 2.45) is 0 Å². The van der Waals surface area contributed by atoms with Gasteiger partial charge in [0.2, 0.25) is 0 Å². The van der Waals surface area contributed by atoms with E-state index < -0.39 is 0 Å². The van der Waals surface area contributed by atoms with Crippen molar-refractivity contribution in [3.63, 3.8) is 0 Å². The lowest BCUT2D eigenvalue weighted by molar-refractivity contribution is 0.590. The predicted molar refractivity (Wildman–Crippen MR) is 477 cm³/mol. The van der Waals surface area contributed by atoms with Crippen LogP contribution in [-0.4, -0.2) is 11.3 Å². The SMILES string of the molecule is CC(C)(C)c1cc2c3c(c1)N(c1c(-c4cccc(-c5ccccc5)c4)cccc1-c1cccc(-c4ccccc4)c1)c1cc(-n4c5ccc6cccc7c8cccc9ccc4c(c98)c5c67)ccc1B3c1cc(-c3ccccc3)ccc1N2c1c(-c2cccc(-c3ccccc3)c2)cccc1-c1cccc(-c2ccccc2)c1. The Morgan fingerprint density at radius 1 is 0.232 bits per heavy atom. The molecule has 0 spiro atoms. The van der Waals surface area contributed by atoms with Gasteiger partial charge in [-0.1, -0.05) is 348 Å². The molecule has 2 aliphatic heterocycles. The van der Waals surface area contributed by atoms with Gasteiger partial charge in [0.25, 0.3) is 6.71 Å². The Morgan fingerprint density at radius 2 is 0.580 bits per heavy atom. The van der Waals surface area contributed by atoms with E-state index in [1.165, 1.54) is 104 Å². The number of aromatic nitrogens is 1. The minimum atomic E-state index is -0.358. The number of rotatable bonds is 12. The fraction of sp³-hybridized carbons (Fsp3) is 0.0370. The number of nitrogens with zero attached hydrogens (tertiary/aromatic N) is 3. The van der Waals surface area contributed by atoms with Crippen LogP contribution in [0.1, 0.15) is 26.3 Å². The van der Waals surface area contributed by atoms with Crippen LogP contribution in [0.3, 0.4) is 0 Å². The zero-order chi connectivity index (χ0) is 74.3. The highest BCUT2D eigenvalue weighted by molar-refractivity contribution is 7.00. The van der Waals surface area contributed by atoms with E-state index in [1.54, 1.807) is 0 Å². The van der Waals surface area contributed by atoms with E-state index in [1.807, 2.05) is 0 Å². The zero-order valence-corrected chi connectivity index (χ0v) is 62.4. The van der Waals surface area contributed by atoms with Gasteiger partial charge in [0.15, 0.2) is 0 Å². The highest BCUT2D eigenvalue weighted by Gasteiger charge is 2.46. The molecule has 112 heavy (non-hydrogen) atoms. The molecule has 20 aromatic rings. The molecule has 0 N–H and O–H groups in total. The van der Waals surface area contributed by atoms with Crippen LogP contribution in [0.4, 0.5) is 34.1 Å². The van der Waals surface area contributed by atoms with Gasteiger partial charge in [-0.25, -0.2) is 0 Å². The quantitative estimate of drug-likeness (QED) is 0.0686. The van der Waals surface area contributed by atoms with Crippen molar-refractivity contribution >= 4 is 111 Å². The lowest BCUT2D eigenvalue weighted by atomic mass is 9.33. The van der Waals surface area contributed by atoms with Gasteiger partial charge in [-0.2, -0.15) is 0 Å². The lowest BCUT2D eigenvalue weighted by Crippen LogP contribution is -2.61. The summed E-state index contributed by atoms with van der Waals surface area (Å²) < 4.78 is 2.59. The van der Waals surface area contributed by atoms with Gasteiger partial charge in [-0.15, -0.1) is 0 Å². The first kappa shape index (κ1) is 65.1. The Bertz CT molecular complexity index is 6790. The van der Waals surface area contributed by atoms with E-state index in [4.69, 9.17) is 0 Å². The molecule has 524 valence electrons. The normalized spacial score (nSPS) is 12.5. The molecule has 0 amide bonds. The minimum absolute atomic E-state index is 0.274. The van der Waals surface area contributed by atoms with Gasteiger partial charge >= 0.3 is 0 Å². The molecule has 22 rings (SSSR count). The Labute approximate surface area is 653 Å². The monoisotopic (exact) mass is 1420 g/mol. The first-order chi connectivity index (χ1) is 55.2. The molecule has 0 atom stereocenters. The fourth-order valence-corrected chi connectivity index (χ4v) is 18.8. The van der Waals surface area contributed by atoms with E-state index in [2.05, 4.69) is 429 Å². The number of anilines is 6. The summed E-state index contributed by atoms with van der Waals surface area (Å²) in [5, 5.41) is 10.3. The second kappa shape index (κ2) is 25.8. The largest absolute Gasteiger partial charge is 0.310 e. The van der Waals surface area contributed by atoms with Crippen LogP contribution in [0.15, 0.2) is 394 Å². The van der Waals surface area contributed by atoms with Crippen molar-refractivity contribution in [3.8, 4) is 106 Å². The van der Waals surface area contributed by atoms with Gasteiger partial charge in [-0.3, -0.25) is 0 Å². The van der Waals surface area contributed by atoms with Gasteiger partial charge < -0.3 is 14.4 Å². The highest BCUT2D eigenvalue weighted by atomic mass is 15.2. The third-order valence-corrected chi connectivity index (χ3v) is 24.0. The van der Waals surface area contributed by atoms with Crippen LogP contribution < -0.4 is 26.2 Å². The number of para-hydroxylation sites is 2. The molecule has 0 saturated carbocycles. The van der Waals surface area contributed by atoms with Crippen LogP contribution in [0, 0.1) is 0 Å². The fourth-order valence-electron chi connectivity index (χ4n) is 18.8. The summed E-state index contributed by atoms with van der Waals surface area (Å²) in [5.41, 5.74) is 35.4. The van der Waals surface area contributed by atoms with E-state index in [0.717, 1.165) is 112 Å². The van der Waals surface area contributed by atoms with E-state index >= 15 is 0 Å². The predicted octanol–water partition coefficient (Wildman–Crippen LogP) is 27.5. The number of hydrogen-bond acceptors (Lipinski definition) is 2. The van der Waals surface area contributed by atoms with E-state index in [9.17, 15) is 0 Å². The second-order valence-electron chi connectivity index (χ2n) is 31.4. The smallest absolute Gasteiger partial charge is 0.252 e. The number of benzene rings is 19. The molecule has 3 heterocycles. The Morgan fingerprint density at radius 3 is 0.973 bits per heavy atom. The lowest BCUT2D eigenvalue weighted by Gasteiger charge is -2.46. The van der Waals surface area contributed by atoms with Crippen molar-refractivity contribution in [3.05, 3.63) is 400 Å². The summed E-state index contributed by atoms with van der Waals surface area (Å²) in [6.45, 7) is 6.93. The summed E-state index contributed by atoms with van der Waals surface area (Å²) in [5.74, 6) is 0. The molecular weight excluding hydrogens is 1350 g/mol. The van der Waals surface area contributed by atoms with Crippen molar-refractivity contribution in [1.82, 2.24) is 4.57 Å². The maximum atomic E-state index is 2.75. The van der Waals surface area contributed by atoms with Crippen molar-refractivity contribution in [2.75, 3.05) is 9.80 Å². The standard InChI is InChI=1S/C108H74BN3/c1-108(2,3)85-66-99-105-100(67-85)112(107-89(83-45-21-41-78(63-83)71-31-13-6-14-32-71)49-26-50-90(107)84-46-22-42-79(64-84)72-33-15-7-16-34-72)98-68-86(110-96-59-53-74-37-23-51-91-92-52-24-38-75-54-60-97(110)104(102(75)92)103(96)101(74)91)56-57-93(98)109(105)94-65-80(73-35-17-8-18-36-73)55-58-95(94)111(99)106-87(81-43-19-39-76(61-81)69-27-9-4-10-28-69)47-25-48-88(106)82-44-20-40-77(62-82)70-29-11-5-12-30-70/h4-68H,1-3H3. The van der Waals surface area contributed by atoms with Crippen LogP contribution in [0.25, 0.3) is 160 Å². The van der Waals surface area contributed by atoms with Crippen LogP contribution in [-0.2, 0) is 5.41 Å².